The predicted molar refractivity (Wildman–Crippen MR) is 82.8 cm³/mol. The summed E-state index contributed by atoms with van der Waals surface area (Å²) < 4.78 is 5.34. The van der Waals surface area contributed by atoms with E-state index in [1.54, 1.807) is 0 Å². The molecule has 0 atom stereocenters. The van der Waals surface area contributed by atoms with Gasteiger partial charge in [-0.1, -0.05) is 6.07 Å². The van der Waals surface area contributed by atoms with Gasteiger partial charge in [0, 0.05) is 12.7 Å². The Hall–Kier alpha value is -2.41. The molecule has 2 rings (SSSR count). The summed E-state index contributed by atoms with van der Waals surface area (Å²) in [7, 11) is 1.89. The number of anilines is 3. The maximum Gasteiger partial charge on any atom is 0.323 e. The minimum atomic E-state index is 0.242. The Balaban J connectivity index is 2.41. The summed E-state index contributed by atoms with van der Waals surface area (Å²) in [5.74, 6) is 6.12. The molecule has 7 nitrogen and oxygen atoms in total. The molecule has 0 aliphatic carbocycles. The van der Waals surface area contributed by atoms with Crippen LogP contribution < -0.4 is 20.9 Å². The van der Waals surface area contributed by atoms with Crippen LogP contribution in [0.25, 0.3) is 0 Å². The van der Waals surface area contributed by atoms with Gasteiger partial charge < -0.3 is 9.64 Å². The molecule has 21 heavy (non-hydrogen) atoms. The van der Waals surface area contributed by atoms with Crippen molar-refractivity contribution in [2.75, 3.05) is 24.0 Å². The van der Waals surface area contributed by atoms with Crippen molar-refractivity contribution in [1.82, 2.24) is 15.0 Å². The van der Waals surface area contributed by atoms with Crippen LogP contribution >= 0.6 is 0 Å². The molecule has 0 aliphatic heterocycles. The zero-order valence-electron chi connectivity index (χ0n) is 12.7. The van der Waals surface area contributed by atoms with E-state index in [1.165, 1.54) is 11.1 Å². The molecule has 7 heteroatoms. The third-order valence-electron chi connectivity index (χ3n) is 2.90. The van der Waals surface area contributed by atoms with E-state index in [0.717, 1.165) is 5.69 Å². The molecule has 1 aromatic carbocycles. The van der Waals surface area contributed by atoms with Gasteiger partial charge in [-0.25, -0.2) is 5.84 Å². The van der Waals surface area contributed by atoms with E-state index >= 15 is 0 Å². The van der Waals surface area contributed by atoms with Crippen LogP contribution in [-0.4, -0.2) is 28.6 Å². The number of benzene rings is 1. The van der Waals surface area contributed by atoms with E-state index < -0.39 is 0 Å². The molecular formula is C14H20N6O. The van der Waals surface area contributed by atoms with E-state index in [0.29, 0.717) is 12.6 Å². The highest BCUT2D eigenvalue weighted by molar-refractivity contribution is 5.59. The molecule has 0 saturated heterocycles. The lowest BCUT2D eigenvalue weighted by Gasteiger charge is -2.19. The molecule has 3 N–H and O–H groups in total. The highest BCUT2D eigenvalue weighted by atomic mass is 16.5. The third-order valence-corrected chi connectivity index (χ3v) is 2.90. The fourth-order valence-electron chi connectivity index (χ4n) is 2.01. The first kappa shape index (κ1) is 15.0. The van der Waals surface area contributed by atoms with E-state index in [2.05, 4.69) is 52.4 Å². The molecule has 0 unspecified atom stereocenters. The van der Waals surface area contributed by atoms with Gasteiger partial charge in [-0.2, -0.15) is 15.0 Å². The van der Waals surface area contributed by atoms with Gasteiger partial charge in [-0.15, -0.1) is 0 Å². The first-order chi connectivity index (χ1) is 10.0. The molecule has 0 spiro atoms. The number of hydrogen-bond acceptors (Lipinski definition) is 7. The van der Waals surface area contributed by atoms with E-state index in [-0.39, 0.29) is 12.0 Å². The average molecular weight is 288 g/mol. The quantitative estimate of drug-likeness (QED) is 0.642. The fourth-order valence-corrected chi connectivity index (χ4v) is 2.01. The van der Waals surface area contributed by atoms with Crippen molar-refractivity contribution in [3.63, 3.8) is 0 Å². The second kappa shape index (κ2) is 6.36. The van der Waals surface area contributed by atoms with Crippen LogP contribution in [0.2, 0.25) is 0 Å². The maximum atomic E-state index is 5.39. The summed E-state index contributed by atoms with van der Waals surface area (Å²) >= 11 is 0. The molecule has 0 bridgehead atoms. The number of nitrogens with two attached hydrogens (primary N) is 1. The topological polar surface area (TPSA) is 89.2 Å². The van der Waals surface area contributed by atoms with Crippen molar-refractivity contribution in [2.45, 2.75) is 20.8 Å². The van der Waals surface area contributed by atoms with Gasteiger partial charge in [0.1, 0.15) is 0 Å². The number of aryl methyl sites for hydroxylation is 2. The normalized spacial score (nSPS) is 10.3. The Morgan fingerprint density at radius 3 is 2.38 bits per heavy atom. The van der Waals surface area contributed by atoms with Gasteiger partial charge >= 0.3 is 6.01 Å². The first-order valence-electron chi connectivity index (χ1n) is 6.71. The number of ether oxygens (including phenoxy) is 1. The zero-order valence-corrected chi connectivity index (χ0v) is 12.7. The summed E-state index contributed by atoms with van der Waals surface area (Å²) in [4.78, 5) is 14.5. The average Bonchev–Trinajstić information content (AvgIpc) is 2.45. The van der Waals surface area contributed by atoms with Gasteiger partial charge in [-0.05, 0) is 44.0 Å². The lowest BCUT2D eigenvalue weighted by Crippen LogP contribution is -2.18. The zero-order chi connectivity index (χ0) is 15.4. The van der Waals surface area contributed by atoms with Gasteiger partial charge in [-0.3, -0.25) is 5.43 Å². The monoisotopic (exact) mass is 288 g/mol. The van der Waals surface area contributed by atoms with E-state index in [1.807, 2.05) is 18.9 Å². The minimum Gasteiger partial charge on any atom is -0.464 e. The first-order valence-corrected chi connectivity index (χ1v) is 6.71. The molecule has 1 heterocycles. The second-order valence-electron chi connectivity index (χ2n) is 4.72. The van der Waals surface area contributed by atoms with Gasteiger partial charge in [0.2, 0.25) is 11.9 Å². The van der Waals surface area contributed by atoms with E-state index in [9.17, 15) is 0 Å². The van der Waals surface area contributed by atoms with Crippen molar-refractivity contribution >= 4 is 17.6 Å². The summed E-state index contributed by atoms with van der Waals surface area (Å²) in [5.41, 5.74) is 5.76. The predicted octanol–water partition coefficient (Wildman–Crippen LogP) is 1.94. The number of hydrogen-bond donors (Lipinski definition) is 2. The Labute approximate surface area is 124 Å². The van der Waals surface area contributed by atoms with Crippen molar-refractivity contribution < 1.29 is 4.74 Å². The van der Waals surface area contributed by atoms with Crippen molar-refractivity contribution in [2.24, 2.45) is 5.84 Å². The molecule has 0 saturated carbocycles. The lowest BCUT2D eigenvalue weighted by molar-refractivity contribution is 0.312. The Morgan fingerprint density at radius 1 is 1.14 bits per heavy atom. The third kappa shape index (κ3) is 3.57. The summed E-state index contributed by atoms with van der Waals surface area (Å²) in [6.07, 6.45) is 0. The lowest BCUT2D eigenvalue weighted by atomic mass is 10.1. The highest BCUT2D eigenvalue weighted by Gasteiger charge is 2.13. The highest BCUT2D eigenvalue weighted by Crippen LogP contribution is 2.24. The van der Waals surface area contributed by atoms with Gasteiger partial charge in [0.05, 0.1) is 6.61 Å². The largest absolute Gasteiger partial charge is 0.464 e. The van der Waals surface area contributed by atoms with Crippen LogP contribution in [0.1, 0.15) is 18.1 Å². The van der Waals surface area contributed by atoms with Crippen LogP contribution in [0.3, 0.4) is 0 Å². The number of nitrogen functional groups attached to an aromatic ring is 1. The Kier molecular flexibility index (Phi) is 4.54. The fraction of sp³-hybridized carbons (Fsp3) is 0.357. The standard InChI is InChI=1S/C14H20N6O/c1-5-21-14-17-12(19-15)16-13(18-14)20(4)11-7-9(2)6-10(3)8-11/h6-8H,5,15H2,1-4H3,(H,16,17,18,19). The van der Waals surface area contributed by atoms with Gasteiger partial charge in [0.15, 0.2) is 0 Å². The molecule has 0 fully saturated rings. The minimum absolute atomic E-state index is 0.242. The van der Waals surface area contributed by atoms with Gasteiger partial charge in [0.25, 0.3) is 0 Å². The number of nitrogens with one attached hydrogen (secondary N) is 1. The molecule has 2 aromatic rings. The van der Waals surface area contributed by atoms with Crippen molar-refractivity contribution in [3.8, 4) is 6.01 Å². The smallest absolute Gasteiger partial charge is 0.323 e. The van der Waals surface area contributed by atoms with Crippen LogP contribution in [-0.2, 0) is 0 Å². The van der Waals surface area contributed by atoms with Crippen LogP contribution in [0, 0.1) is 13.8 Å². The molecule has 1 aromatic heterocycles. The summed E-state index contributed by atoms with van der Waals surface area (Å²) in [6.45, 7) is 6.44. The number of hydrazine groups is 1. The number of aromatic nitrogens is 3. The molecule has 0 amide bonds. The second-order valence-corrected chi connectivity index (χ2v) is 4.72. The number of nitrogens with zero attached hydrogens (tertiary/aromatic N) is 4. The SMILES string of the molecule is CCOc1nc(NN)nc(N(C)c2cc(C)cc(C)c2)n1. The van der Waals surface area contributed by atoms with Crippen LogP contribution in [0.5, 0.6) is 6.01 Å². The molecular weight excluding hydrogens is 268 g/mol. The van der Waals surface area contributed by atoms with Crippen LogP contribution in [0.15, 0.2) is 18.2 Å². The maximum absolute atomic E-state index is 5.39. The summed E-state index contributed by atoms with van der Waals surface area (Å²) in [5, 5.41) is 0. The Morgan fingerprint density at radius 2 is 1.81 bits per heavy atom. The molecule has 112 valence electrons. The van der Waals surface area contributed by atoms with E-state index in [4.69, 9.17) is 10.6 Å². The molecule has 0 aliphatic rings. The Bertz CT molecular complexity index is 611. The number of rotatable bonds is 5. The van der Waals surface area contributed by atoms with Crippen molar-refractivity contribution in [1.29, 1.82) is 0 Å². The van der Waals surface area contributed by atoms with Crippen molar-refractivity contribution in [3.05, 3.63) is 29.3 Å². The molecule has 0 radical (unpaired) electrons. The summed E-state index contributed by atoms with van der Waals surface area (Å²) in [6, 6.07) is 6.48. The van der Waals surface area contributed by atoms with Crippen LogP contribution in [0.4, 0.5) is 17.6 Å².